The van der Waals surface area contributed by atoms with Gasteiger partial charge in [0.25, 0.3) is 0 Å². The fourth-order valence-corrected chi connectivity index (χ4v) is 4.27. The molecule has 0 unspecified atom stereocenters. The third-order valence-electron chi connectivity index (χ3n) is 3.54. The van der Waals surface area contributed by atoms with E-state index >= 15 is 0 Å². The number of hydrogen-bond donors (Lipinski definition) is 0. The molecule has 0 bridgehead atoms. The lowest BCUT2D eigenvalue weighted by Gasteiger charge is -2.20. The summed E-state index contributed by atoms with van der Waals surface area (Å²) < 4.78 is 53.7. The van der Waals surface area contributed by atoms with Crippen LogP contribution in [0.25, 0.3) is 0 Å². The summed E-state index contributed by atoms with van der Waals surface area (Å²) in [5, 5.41) is 0. The molecule has 2 rings (SSSR count). The second-order valence-electron chi connectivity index (χ2n) is 5.72. The summed E-state index contributed by atoms with van der Waals surface area (Å²) in [4.78, 5) is -0.507. The maximum atomic E-state index is 14.1. The van der Waals surface area contributed by atoms with Crippen LogP contribution in [0, 0.1) is 17.0 Å². The standard InChI is InChI=1S/C13H16ClF2NO2S/c1-13(2)5-6-17(8-13)20(18,19)11-4-3-10(15)9(7-14)12(11)16/h3-4H,5-8H2,1-2H3. The quantitative estimate of drug-likeness (QED) is 0.801. The highest BCUT2D eigenvalue weighted by Crippen LogP contribution is 2.34. The minimum Gasteiger partial charge on any atom is -0.207 e. The number of nitrogens with zero attached hydrogens (tertiary/aromatic N) is 1. The van der Waals surface area contributed by atoms with Crippen molar-refractivity contribution in [2.75, 3.05) is 13.1 Å². The molecule has 0 amide bonds. The molecule has 7 heteroatoms. The van der Waals surface area contributed by atoms with Crippen LogP contribution in [0.15, 0.2) is 17.0 Å². The van der Waals surface area contributed by atoms with Gasteiger partial charge in [0.1, 0.15) is 10.7 Å². The maximum absolute atomic E-state index is 14.1. The Morgan fingerprint density at radius 3 is 2.50 bits per heavy atom. The van der Waals surface area contributed by atoms with Crippen LogP contribution in [-0.4, -0.2) is 25.8 Å². The van der Waals surface area contributed by atoms with Crippen LogP contribution in [0.5, 0.6) is 0 Å². The molecule has 3 nitrogen and oxygen atoms in total. The summed E-state index contributed by atoms with van der Waals surface area (Å²) >= 11 is 5.48. The molecule has 1 aromatic rings. The van der Waals surface area contributed by atoms with E-state index < -0.39 is 38.0 Å². The van der Waals surface area contributed by atoms with E-state index in [2.05, 4.69) is 0 Å². The van der Waals surface area contributed by atoms with Gasteiger partial charge in [-0.3, -0.25) is 0 Å². The average molecular weight is 324 g/mol. The molecule has 0 saturated carbocycles. The van der Waals surface area contributed by atoms with Crippen molar-refractivity contribution in [3.63, 3.8) is 0 Å². The molecule has 0 aromatic heterocycles. The van der Waals surface area contributed by atoms with E-state index in [0.29, 0.717) is 19.5 Å². The zero-order valence-electron chi connectivity index (χ0n) is 11.3. The molecule has 1 aliphatic heterocycles. The van der Waals surface area contributed by atoms with Crippen LogP contribution in [0.3, 0.4) is 0 Å². The topological polar surface area (TPSA) is 37.4 Å². The predicted octanol–water partition coefficient (Wildman–Crippen LogP) is 3.12. The fraction of sp³-hybridized carbons (Fsp3) is 0.538. The van der Waals surface area contributed by atoms with Crippen molar-refractivity contribution >= 4 is 21.6 Å². The molecule has 0 spiro atoms. The third-order valence-corrected chi connectivity index (χ3v) is 5.67. The highest BCUT2D eigenvalue weighted by atomic mass is 35.5. The Bertz CT molecular complexity index is 632. The van der Waals surface area contributed by atoms with Crippen LogP contribution in [0.2, 0.25) is 0 Å². The Morgan fingerprint density at radius 1 is 1.35 bits per heavy atom. The highest BCUT2D eigenvalue weighted by molar-refractivity contribution is 7.89. The van der Waals surface area contributed by atoms with Gasteiger partial charge in [0, 0.05) is 18.7 Å². The minimum atomic E-state index is -3.96. The van der Waals surface area contributed by atoms with E-state index in [4.69, 9.17) is 11.6 Å². The van der Waals surface area contributed by atoms with Crippen LogP contribution in [0.4, 0.5) is 8.78 Å². The zero-order chi connectivity index (χ0) is 15.1. The number of rotatable bonds is 3. The summed E-state index contributed by atoms with van der Waals surface area (Å²) in [5.74, 6) is -2.34. The Morgan fingerprint density at radius 2 is 2.00 bits per heavy atom. The molecule has 1 saturated heterocycles. The van der Waals surface area contributed by atoms with Crippen molar-refractivity contribution in [2.24, 2.45) is 5.41 Å². The Balaban J connectivity index is 2.46. The van der Waals surface area contributed by atoms with Gasteiger partial charge in [-0.15, -0.1) is 11.6 Å². The van der Waals surface area contributed by atoms with Crippen molar-refractivity contribution < 1.29 is 17.2 Å². The summed E-state index contributed by atoms with van der Waals surface area (Å²) in [6.07, 6.45) is 0.706. The molecule has 0 radical (unpaired) electrons. The molecule has 0 atom stereocenters. The monoisotopic (exact) mass is 323 g/mol. The summed E-state index contributed by atoms with van der Waals surface area (Å²) in [5.41, 5.74) is -0.551. The van der Waals surface area contributed by atoms with Gasteiger partial charge < -0.3 is 0 Å². The number of halogens is 3. The van der Waals surface area contributed by atoms with Crippen LogP contribution in [0.1, 0.15) is 25.8 Å². The summed E-state index contributed by atoms with van der Waals surface area (Å²) in [7, 11) is -3.96. The smallest absolute Gasteiger partial charge is 0.207 e. The molecule has 1 aliphatic rings. The van der Waals surface area contributed by atoms with Crippen molar-refractivity contribution in [1.29, 1.82) is 0 Å². The van der Waals surface area contributed by atoms with Crippen molar-refractivity contribution in [1.82, 2.24) is 4.31 Å². The molecule has 1 fully saturated rings. The van der Waals surface area contributed by atoms with Crippen molar-refractivity contribution in [3.8, 4) is 0 Å². The van der Waals surface area contributed by atoms with E-state index in [1.54, 1.807) is 0 Å². The fourth-order valence-electron chi connectivity index (χ4n) is 2.31. The Labute approximate surface area is 122 Å². The van der Waals surface area contributed by atoms with Gasteiger partial charge in [0.2, 0.25) is 10.0 Å². The van der Waals surface area contributed by atoms with Crippen LogP contribution in [-0.2, 0) is 15.9 Å². The number of alkyl halides is 1. The summed E-state index contributed by atoms with van der Waals surface area (Å²) in [6.45, 7) is 4.56. The zero-order valence-corrected chi connectivity index (χ0v) is 12.9. The van der Waals surface area contributed by atoms with Crippen LogP contribution >= 0.6 is 11.6 Å². The van der Waals surface area contributed by atoms with Gasteiger partial charge in [0.05, 0.1) is 5.88 Å². The van der Waals surface area contributed by atoms with E-state index in [9.17, 15) is 17.2 Å². The molecule has 112 valence electrons. The van der Waals surface area contributed by atoms with E-state index in [-0.39, 0.29) is 5.41 Å². The SMILES string of the molecule is CC1(C)CCN(S(=O)(=O)c2ccc(F)c(CCl)c2F)C1. The van der Waals surface area contributed by atoms with Gasteiger partial charge in [-0.2, -0.15) is 4.31 Å². The second-order valence-corrected chi connectivity index (χ2v) is 7.90. The number of hydrogen-bond acceptors (Lipinski definition) is 2. The number of benzene rings is 1. The number of sulfonamides is 1. The first-order valence-electron chi connectivity index (χ1n) is 6.22. The maximum Gasteiger partial charge on any atom is 0.246 e. The van der Waals surface area contributed by atoms with Crippen LogP contribution < -0.4 is 0 Å². The third kappa shape index (κ3) is 2.69. The molecule has 20 heavy (non-hydrogen) atoms. The lowest BCUT2D eigenvalue weighted by molar-refractivity contribution is 0.374. The van der Waals surface area contributed by atoms with E-state index in [1.165, 1.54) is 4.31 Å². The molecule has 0 N–H and O–H groups in total. The van der Waals surface area contributed by atoms with E-state index in [0.717, 1.165) is 12.1 Å². The predicted molar refractivity (Wildman–Crippen MR) is 73.1 cm³/mol. The van der Waals surface area contributed by atoms with Gasteiger partial charge >= 0.3 is 0 Å². The first-order valence-corrected chi connectivity index (χ1v) is 8.19. The molecule has 1 aromatic carbocycles. The van der Waals surface area contributed by atoms with Gasteiger partial charge in [-0.25, -0.2) is 17.2 Å². The average Bonchev–Trinajstić information content (AvgIpc) is 2.70. The largest absolute Gasteiger partial charge is 0.246 e. The second kappa shape index (κ2) is 5.24. The van der Waals surface area contributed by atoms with Gasteiger partial charge in [-0.1, -0.05) is 13.8 Å². The lowest BCUT2D eigenvalue weighted by Crippen LogP contribution is -2.31. The first-order chi connectivity index (χ1) is 9.19. The minimum absolute atomic E-state index is 0.140. The first kappa shape index (κ1) is 15.7. The molecule has 0 aliphatic carbocycles. The Hall–Kier alpha value is -0.720. The lowest BCUT2D eigenvalue weighted by atomic mass is 9.93. The molecule has 1 heterocycles. The summed E-state index contributed by atoms with van der Waals surface area (Å²) in [6, 6.07) is 1.90. The molecular formula is C13H16ClF2NO2S. The van der Waals surface area contributed by atoms with Crippen molar-refractivity contribution in [3.05, 3.63) is 29.3 Å². The van der Waals surface area contributed by atoms with Gasteiger partial charge in [-0.05, 0) is 24.0 Å². The normalized spacial score (nSPS) is 19.4. The van der Waals surface area contributed by atoms with Gasteiger partial charge in [0.15, 0.2) is 5.82 Å². The molecular weight excluding hydrogens is 308 g/mol. The Kier molecular flexibility index (Phi) is 4.10. The van der Waals surface area contributed by atoms with E-state index in [1.807, 2.05) is 13.8 Å². The highest BCUT2D eigenvalue weighted by Gasteiger charge is 2.38. The van der Waals surface area contributed by atoms with Crippen molar-refractivity contribution in [2.45, 2.75) is 31.0 Å².